The fraction of sp³-hybridized carbons (Fsp3) is 0.0667. The second kappa shape index (κ2) is 4.52. The average Bonchev–Trinajstić information content (AvgIpc) is 2.43. The van der Waals surface area contributed by atoms with Gasteiger partial charge in [-0.05, 0) is 22.9 Å². The molecule has 0 radical (unpaired) electrons. The zero-order valence-corrected chi connectivity index (χ0v) is 10.6. The van der Waals surface area contributed by atoms with E-state index < -0.39 is 0 Å². The fourth-order valence-electron chi connectivity index (χ4n) is 2.19. The molecule has 0 saturated heterocycles. The van der Waals surface area contributed by atoms with E-state index in [9.17, 15) is 9.59 Å². The van der Waals surface area contributed by atoms with Gasteiger partial charge in [0, 0.05) is 17.2 Å². The Kier molecular flexibility index (Phi) is 2.84. The number of rotatable bonds is 2. The molecule has 0 N–H and O–H groups in total. The van der Waals surface area contributed by atoms with Crippen LogP contribution >= 0.6 is 11.6 Å². The van der Waals surface area contributed by atoms with Crippen LogP contribution in [0.4, 0.5) is 0 Å². The molecule has 0 aromatic heterocycles. The molecule has 0 bridgehead atoms. The van der Waals surface area contributed by atoms with Crippen molar-refractivity contribution in [3.63, 3.8) is 0 Å². The summed E-state index contributed by atoms with van der Waals surface area (Å²) in [5.41, 5.74) is 0.775. The fourth-order valence-corrected chi connectivity index (χ4v) is 2.31. The number of halogens is 1. The molecule has 94 valence electrons. The minimum Gasteiger partial charge on any atom is -0.474 e. The molecule has 0 atom stereocenters. The maximum absolute atomic E-state index is 12.2. The van der Waals surface area contributed by atoms with Crippen molar-refractivity contribution in [2.24, 2.45) is 0 Å². The highest BCUT2D eigenvalue weighted by atomic mass is 35.5. The van der Waals surface area contributed by atoms with Gasteiger partial charge < -0.3 is 4.74 Å². The number of carbonyl (C=O) groups is 2. The largest absolute Gasteiger partial charge is 0.474 e. The first kappa shape index (κ1) is 11.9. The minimum atomic E-state index is -0.305. The number of fused-ring (bicyclic) bond motifs is 2. The summed E-state index contributed by atoms with van der Waals surface area (Å²) in [7, 11) is 0. The summed E-state index contributed by atoms with van der Waals surface area (Å²) in [5, 5.41) is 1.84. The van der Waals surface area contributed by atoms with E-state index in [0.717, 1.165) is 10.8 Å². The molecule has 3 rings (SSSR count). The van der Waals surface area contributed by atoms with Gasteiger partial charge in [0.2, 0.25) is 5.78 Å². The summed E-state index contributed by atoms with van der Waals surface area (Å²) in [6.07, 6.45) is 1.20. The molecule has 0 unspecified atom stereocenters. The van der Waals surface area contributed by atoms with Crippen LogP contribution < -0.4 is 0 Å². The zero-order valence-electron chi connectivity index (χ0n) is 9.85. The summed E-state index contributed by atoms with van der Waals surface area (Å²) >= 11 is 5.44. The van der Waals surface area contributed by atoms with E-state index in [-0.39, 0.29) is 23.4 Å². The SMILES string of the molecule is O=C1C=C(OCCl)C(=O)c2cc3ccccc3cc21. The summed E-state index contributed by atoms with van der Waals surface area (Å²) in [6.45, 7) is 0. The number of benzene rings is 2. The maximum Gasteiger partial charge on any atom is 0.228 e. The number of hydrogen-bond donors (Lipinski definition) is 0. The third-order valence-electron chi connectivity index (χ3n) is 3.09. The number of carbonyl (C=O) groups excluding carboxylic acids is 2. The van der Waals surface area contributed by atoms with Crippen molar-refractivity contribution in [1.82, 2.24) is 0 Å². The number of hydrogen-bond acceptors (Lipinski definition) is 3. The first-order valence-electron chi connectivity index (χ1n) is 5.73. The van der Waals surface area contributed by atoms with Crippen LogP contribution in [-0.2, 0) is 4.74 Å². The van der Waals surface area contributed by atoms with Gasteiger partial charge in [0.15, 0.2) is 17.6 Å². The van der Waals surface area contributed by atoms with Crippen LogP contribution in [0.25, 0.3) is 10.8 Å². The molecule has 1 aliphatic rings. The zero-order chi connectivity index (χ0) is 13.4. The average molecular weight is 273 g/mol. The highest BCUT2D eigenvalue weighted by Gasteiger charge is 2.27. The van der Waals surface area contributed by atoms with Crippen molar-refractivity contribution in [3.8, 4) is 0 Å². The normalized spacial score (nSPS) is 14.3. The Hall–Kier alpha value is -2.13. The smallest absolute Gasteiger partial charge is 0.228 e. The summed E-state index contributed by atoms with van der Waals surface area (Å²) in [4.78, 5) is 24.2. The van der Waals surface area contributed by atoms with E-state index in [1.165, 1.54) is 6.08 Å². The van der Waals surface area contributed by atoms with Crippen molar-refractivity contribution >= 4 is 33.9 Å². The molecule has 1 aliphatic carbocycles. The van der Waals surface area contributed by atoms with Crippen molar-refractivity contribution in [3.05, 3.63) is 59.4 Å². The molecule has 0 amide bonds. The molecule has 3 nitrogen and oxygen atoms in total. The predicted molar refractivity (Wildman–Crippen MR) is 72.5 cm³/mol. The van der Waals surface area contributed by atoms with Gasteiger partial charge in [-0.3, -0.25) is 9.59 Å². The van der Waals surface area contributed by atoms with E-state index >= 15 is 0 Å². The Morgan fingerprint density at radius 3 is 2.26 bits per heavy atom. The number of alkyl halides is 1. The second-order valence-corrected chi connectivity index (χ2v) is 4.42. The monoisotopic (exact) mass is 272 g/mol. The molecule has 19 heavy (non-hydrogen) atoms. The van der Waals surface area contributed by atoms with Gasteiger partial charge in [-0.25, -0.2) is 0 Å². The van der Waals surface area contributed by atoms with Crippen LogP contribution in [0.2, 0.25) is 0 Å². The highest BCUT2D eigenvalue weighted by Crippen LogP contribution is 2.27. The first-order chi connectivity index (χ1) is 9.20. The molecule has 0 aliphatic heterocycles. The topological polar surface area (TPSA) is 43.4 Å². The molecule has 0 fully saturated rings. The van der Waals surface area contributed by atoms with Gasteiger partial charge in [-0.2, -0.15) is 0 Å². The van der Waals surface area contributed by atoms with Crippen LogP contribution in [0.15, 0.2) is 48.2 Å². The number of allylic oxidation sites excluding steroid dienone is 2. The Labute approximate surface area is 114 Å². The Morgan fingerprint density at radius 1 is 1.00 bits per heavy atom. The number of ether oxygens (including phenoxy) is 1. The van der Waals surface area contributed by atoms with E-state index in [1.807, 2.05) is 24.3 Å². The Bertz CT molecular complexity index is 731. The van der Waals surface area contributed by atoms with Crippen molar-refractivity contribution in [2.45, 2.75) is 0 Å². The van der Waals surface area contributed by atoms with E-state index in [1.54, 1.807) is 12.1 Å². The predicted octanol–water partition coefficient (Wildman–Crippen LogP) is 3.32. The molecule has 0 spiro atoms. The van der Waals surface area contributed by atoms with Crippen molar-refractivity contribution in [2.75, 3.05) is 6.07 Å². The molecular weight excluding hydrogens is 264 g/mol. The summed E-state index contributed by atoms with van der Waals surface area (Å²) < 4.78 is 4.99. The first-order valence-corrected chi connectivity index (χ1v) is 6.26. The van der Waals surface area contributed by atoms with Crippen molar-refractivity contribution < 1.29 is 14.3 Å². The maximum atomic E-state index is 12.2. The third kappa shape index (κ3) is 1.92. The highest BCUT2D eigenvalue weighted by molar-refractivity contribution is 6.25. The van der Waals surface area contributed by atoms with Crippen LogP contribution in [0.3, 0.4) is 0 Å². The lowest BCUT2D eigenvalue weighted by Crippen LogP contribution is -2.18. The molecule has 0 heterocycles. The molecule has 4 heteroatoms. The Morgan fingerprint density at radius 2 is 1.63 bits per heavy atom. The van der Waals surface area contributed by atoms with E-state index in [0.29, 0.717) is 11.1 Å². The molecular formula is C15H9ClO3. The molecule has 0 saturated carbocycles. The van der Waals surface area contributed by atoms with Crippen LogP contribution in [0, 0.1) is 0 Å². The van der Waals surface area contributed by atoms with Gasteiger partial charge in [0.05, 0.1) is 0 Å². The van der Waals surface area contributed by atoms with Crippen LogP contribution in [0.1, 0.15) is 20.7 Å². The third-order valence-corrected chi connectivity index (χ3v) is 3.20. The lowest BCUT2D eigenvalue weighted by Gasteiger charge is -2.15. The second-order valence-electron chi connectivity index (χ2n) is 4.20. The summed E-state index contributed by atoms with van der Waals surface area (Å²) in [6, 6.07) is 10.9. The van der Waals surface area contributed by atoms with Gasteiger partial charge in [-0.1, -0.05) is 35.9 Å². The van der Waals surface area contributed by atoms with E-state index in [4.69, 9.17) is 16.3 Å². The van der Waals surface area contributed by atoms with Gasteiger partial charge in [0.1, 0.15) is 0 Å². The standard InChI is InChI=1S/C15H9ClO3/c16-8-19-14-7-13(17)11-5-9-3-1-2-4-10(9)6-12(11)15(14)18/h1-7H,8H2. The quantitative estimate of drug-likeness (QED) is 0.788. The summed E-state index contributed by atoms with van der Waals surface area (Å²) in [5.74, 6) is -0.538. The Balaban J connectivity index is 2.22. The van der Waals surface area contributed by atoms with Gasteiger partial charge >= 0.3 is 0 Å². The van der Waals surface area contributed by atoms with Crippen LogP contribution in [-0.4, -0.2) is 17.6 Å². The van der Waals surface area contributed by atoms with Crippen LogP contribution in [0.5, 0.6) is 0 Å². The van der Waals surface area contributed by atoms with E-state index in [2.05, 4.69) is 0 Å². The minimum absolute atomic E-state index is 0.00258. The molecule has 2 aromatic rings. The van der Waals surface area contributed by atoms with Gasteiger partial charge in [0.25, 0.3) is 0 Å². The number of ketones is 2. The van der Waals surface area contributed by atoms with Crippen molar-refractivity contribution in [1.29, 1.82) is 0 Å². The van der Waals surface area contributed by atoms with Gasteiger partial charge in [-0.15, -0.1) is 0 Å². The molecule has 2 aromatic carbocycles. The lowest BCUT2D eigenvalue weighted by molar-refractivity contribution is 0.0909. The lowest BCUT2D eigenvalue weighted by atomic mass is 9.91. The number of Topliss-reactive ketones (excluding diaryl/α,β-unsaturated/α-hetero) is 1.